The van der Waals surface area contributed by atoms with Crippen molar-refractivity contribution >= 4 is 29.0 Å². The lowest BCUT2D eigenvalue weighted by molar-refractivity contribution is -0.128. The topological polar surface area (TPSA) is 73.1 Å². The number of rotatable bonds is 7. The Morgan fingerprint density at radius 1 is 1.24 bits per heavy atom. The summed E-state index contributed by atoms with van der Waals surface area (Å²) in [5, 5.41) is 10.1. The van der Waals surface area contributed by atoms with E-state index < -0.39 is 0 Å². The van der Waals surface area contributed by atoms with E-state index in [2.05, 4.69) is 15.2 Å². The van der Waals surface area contributed by atoms with Gasteiger partial charge in [-0.1, -0.05) is 11.8 Å². The van der Waals surface area contributed by atoms with E-state index in [-0.39, 0.29) is 17.7 Å². The molecule has 0 spiro atoms. The number of hydrogen-bond donors (Lipinski definition) is 0. The minimum Gasteiger partial charge on any atom is -0.497 e. The highest BCUT2D eigenvalue weighted by Crippen LogP contribution is 2.29. The Morgan fingerprint density at radius 3 is 2.52 bits per heavy atom. The summed E-state index contributed by atoms with van der Waals surface area (Å²) in [7, 11) is 3.47. The summed E-state index contributed by atoms with van der Waals surface area (Å²) in [4.78, 5) is 20.2. The zero-order valence-electron chi connectivity index (χ0n) is 17.5. The SMILES string of the molecule is COc1ccc(-n2c(C)nnc2SCC(=O)N(C)C(C)c2sc(C)nc2C)cc1. The highest BCUT2D eigenvalue weighted by molar-refractivity contribution is 7.99. The Hall–Kier alpha value is -2.39. The molecular formula is C20H25N5O2S2. The van der Waals surface area contributed by atoms with Crippen LogP contribution in [0.4, 0.5) is 0 Å². The molecule has 0 saturated carbocycles. The minimum atomic E-state index is -0.0181. The van der Waals surface area contributed by atoms with E-state index >= 15 is 0 Å². The molecule has 1 atom stereocenters. The van der Waals surface area contributed by atoms with Gasteiger partial charge in [-0.2, -0.15) is 0 Å². The van der Waals surface area contributed by atoms with Crippen LogP contribution in [0.3, 0.4) is 0 Å². The van der Waals surface area contributed by atoms with Gasteiger partial charge < -0.3 is 9.64 Å². The number of nitrogens with zero attached hydrogens (tertiary/aromatic N) is 5. The molecule has 3 aromatic rings. The highest BCUT2D eigenvalue weighted by Gasteiger charge is 2.22. The van der Waals surface area contributed by atoms with Crippen LogP contribution in [0.15, 0.2) is 29.4 Å². The van der Waals surface area contributed by atoms with Crippen molar-refractivity contribution in [2.75, 3.05) is 19.9 Å². The van der Waals surface area contributed by atoms with Crippen LogP contribution in [0.2, 0.25) is 0 Å². The molecule has 0 bridgehead atoms. The number of thiazole rings is 1. The van der Waals surface area contributed by atoms with Crippen molar-refractivity contribution in [2.45, 2.75) is 38.9 Å². The normalized spacial score (nSPS) is 12.1. The average Bonchev–Trinajstić information content (AvgIpc) is 3.25. The summed E-state index contributed by atoms with van der Waals surface area (Å²) < 4.78 is 7.16. The van der Waals surface area contributed by atoms with E-state index in [1.165, 1.54) is 11.8 Å². The number of thioether (sulfide) groups is 1. The number of benzene rings is 1. The molecule has 3 rings (SSSR count). The van der Waals surface area contributed by atoms with E-state index in [0.717, 1.165) is 32.8 Å². The van der Waals surface area contributed by atoms with Crippen molar-refractivity contribution < 1.29 is 9.53 Å². The fourth-order valence-corrected chi connectivity index (χ4v) is 4.96. The number of aromatic nitrogens is 4. The third-order valence-corrected chi connectivity index (χ3v) is 6.90. The van der Waals surface area contributed by atoms with E-state index in [0.29, 0.717) is 5.16 Å². The predicted molar refractivity (Wildman–Crippen MR) is 116 cm³/mol. The number of aryl methyl sites for hydroxylation is 3. The van der Waals surface area contributed by atoms with Gasteiger partial charge in [0.2, 0.25) is 5.91 Å². The van der Waals surface area contributed by atoms with Crippen molar-refractivity contribution in [3.63, 3.8) is 0 Å². The molecule has 0 aliphatic carbocycles. The summed E-state index contributed by atoms with van der Waals surface area (Å²) in [5.74, 6) is 1.87. The maximum Gasteiger partial charge on any atom is 0.233 e. The molecule has 0 aliphatic rings. The van der Waals surface area contributed by atoms with Crippen molar-refractivity contribution in [1.82, 2.24) is 24.6 Å². The summed E-state index contributed by atoms with van der Waals surface area (Å²) in [5.41, 5.74) is 1.92. The standard InChI is InChI=1S/C20H25N5O2S2/c1-12-19(29-15(4)21-12)13(2)24(5)18(26)11-28-20-23-22-14(3)25(20)16-7-9-17(27-6)10-8-16/h7-10,13H,11H2,1-6H3. The summed E-state index contributed by atoms with van der Waals surface area (Å²) in [6, 6.07) is 7.66. The molecule has 7 nitrogen and oxygen atoms in total. The van der Waals surface area contributed by atoms with Crippen molar-refractivity contribution in [1.29, 1.82) is 0 Å². The monoisotopic (exact) mass is 431 g/mol. The van der Waals surface area contributed by atoms with Crippen LogP contribution in [0.25, 0.3) is 5.69 Å². The number of methoxy groups -OCH3 is 1. The van der Waals surface area contributed by atoms with E-state index in [1.807, 2.05) is 63.6 Å². The van der Waals surface area contributed by atoms with Gasteiger partial charge in [0.1, 0.15) is 11.6 Å². The third kappa shape index (κ3) is 4.62. The van der Waals surface area contributed by atoms with Crippen molar-refractivity contribution in [3.8, 4) is 11.4 Å². The molecule has 154 valence electrons. The van der Waals surface area contributed by atoms with E-state index in [9.17, 15) is 4.79 Å². The second-order valence-corrected chi connectivity index (χ2v) is 8.89. The summed E-state index contributed by atoms with van der Waals surface area (Å²) in [6.45, 7) is 7.90. The van der Waals surface area contributed by atoms with Gasteiger partial charge in [-0.15, -0.1) is 21.5 Å². The zero-order chi connectivity index (χ0) is 21.1. The summed E-state index contributed by atoms with van der Waals surface area (Å²) in [6.07, 6.45) is 0. The molecule has 29 heavy (non-hydrogen) atoms. The lowest BCUT2D eigenvalue weighted by Gasteiger charge is -2.24. The molecule has 1 aromatic carbocycles. The Balaban J connectivity index is 1.71. The van der Waals surface area contributed by atoms with Gasteiger partial charge in [0.25, 0.3) is 0 Å². The average molecular weight is 432 g/mol. The van der Waals surface area contributed by atoms with Gasteiger partial charge in [-0.3, -0.25) is 9.36 Å². The largest absolute Gasteiger partial charge is 0.497 e. The van der Waals surface area contributed by atoms with Gasteiger partial charge in [0, 0.05) is 17.6 Å². The molecule has 0 radical (unpaired) electrons. The summed E-state index contributed by atoms with van der Waals surface area (Å²) >= 11 is 3.03. The van der Waals surface area contributed by atoms with Crippen LogP contribution in [0.5, 0.6) is 5.75 Å². The molecule has 9 heteroatoms. The number of carbonyl (C=O) groups is 1. The maximum atomic E-state index is 12.8. The highest BCUT2D eigenvalue weighted by atomic mass is 32.2. The quantitative estimate of drug-likeness (QED) is 0.527. The number of carbonyl (C=O) groups excluding carboxylic acids is 1. The Morgan fingerprint density at radius 2 is 1.93 bits per heavy atom. The van der Waals surface area contributed by atoms with Crippen LogP contribution in [-0.2, 0) is 4.79 Å². The predicted octanol–water partition coefficient (Wildman–Crippen LogP) is 3.97. The van der Waals surface area contributed by atoms with Gasteiger partial charge in [-0.25, -0.2) is 4.98 Å². The van der Waals surface area contributed by atoms with E-state index in [4.69, 9.17) is 4.74 Å². The van der Waals surface area contributed by atoms with Crippen LogP contribution in [0.1, 0.15) is 34.4 Å². The first-order valence-corrected chi connectivity index (χ1v) is 11.0. The van der Waals surface area contributed by atoms with E-state index in [1.54, 1.807) is 23.3 Å². The van der Waals surface area contributed by atoms with Crippen LogP contribution in [0, 0.1) is 20.8 Å². The molecule has 2 heterocycles. The second kappa shape index (κ2) is 8.96. The Kier molecular flexibility index (Phi) is 6.59. The molecule has 0 fully saturated rings. The minimum absolute atomic E-state index is 0.0181. The molecule has 1 unspecified atom stereocenters. The molecule has 0 N–H and O–H groups in total. The number of ether oxygens (including phenoxy) is 1. The zero-order valence-corrected chi connectivity index (χ0v) is 19.1. The fourth-order valence-electron chi connectivity index (χ4n) is 3.02. The molecule has 1 amide bonds. The van der Waals surface area contributed by atoms with Crippen LogP contribution in [-0.4, -0.2) is 50.5 Å². The lowest BCUT2D eigenvalue weighted by atomic mass is 10.2. The maximum absolute atomic E-state index is 12.8. The lowest BCUT2D eigenvalue weighted by Crippen LogP contribution is -2.31. The van der Waals surface area contributed by atoms with Gasteiger partial charge in [-0.05, 0) is 52.0 Å². The Bertz CT molecular complexity index is 997. The van der Waals surface area contributed by atoms with Gasteiger partial charge in [0.15, 0.2) is 5.16 Å². The first-order chi connectivity index (χ1) is 13.8. The third-order valence-electron chi connectivity index (χ3n) is 4.74. The smallest absolute Gasteiger partial charge is 0.233 e. The first-order valence-electron chi connectivity index (χ1n) is 9.20. The van der Waals surface area contributed by atoms with Crippen molar-refractivity contribution in [3.05, 3.63) is 45.7 Å². The Labute approximate surface area is 179 Å². The molecule has 2 aromatic heterocycles. The number of amides is 1. The molecule has 0 saturated heterocycles. The first kappa shape index (κ1) is 21.3. The van der Waals surface area contributed by atoms with Crippen LogP contribution < -0.4 is 4.74 Å². The second-order valence-electron chi connectivity index (χ2n) is 6.72. The van der Waals surface area contributed by atoms with Crippen molar-refractivity contribution in [2.24, 2.45) is 0 Å². The van der Waals surface area contributed by atoms with Crippen LogP contribution >= 0.6 is 23.1 Å². The number of hydrogen-bond acceptors (Lipinski definition) is 7. The molecule has 0 aliphatic heterocycles. The molecular weight excluding hydrogens is 406 g/mol. The van der Waals surface area contributed by atoms with Gasteiger partial charge in [0.05, 0.1) is 29.6 Å². The fraction of sp³-hybridized carbons (Fsp3) is 0.400. The van der Waals surface area contributed by atoms with Gasteiger partial charge >= 0.3 is 0 Å².